The van der Waals surface area contributed by atoms with Gasteiger partial charge in [-0.25, -0.2) is 0 Å². The van der Waals surface area contributed by atoms with Crippen LogP contribution in [0, 0.1) is 12.8 Å². The molecule has 0 bridgehead atoms. The molecule has 2 rings (SSSR count). The molecule has 2 unspecified atom stereocenters. The van der Waals surface area contributed by atoms with E-state index in [0.29, 0.717) is 18.5 Å². The van der Waals surface area contributed by atoms with E-state index in [9.17, 15) is 9.59 Å². The van der Waals surface area contributed by atoms with Crippen molar-refractivity contribution < 1.29 is 14.3 Å². The third kappa shape index (κ3) is 7.10. The van der Waals surface area contributed by atoms with Crippen LogP contribution >= 0.6 is 0 Å². The standard InChI is InChI=1S/C25H35N3O3/c1-17(2)14-22(27-24(29)21-13-8-7-10-18(21)3)25(30)26-16-23(28(4)5)19-11-9-12-20(15-19)31-6/h7-13,15,17,22-23H,14,16H2,1-6H3,(H,26,30)(H,27,29). The van der Waals surface area contributed by atoms with Crippen LogP contribution in [0.2, 0.25) is 0 Å². The molecule has 0 heterocycles. The van der Waals surface area contributed by atoms with Gasteiger partial charge in [0.1, 0.15) is 11.8 Å². The van der Waals surface area contributed by atoms with Gasteiger partial charge in [-0.05, 0) is 62.7 Å². The van der Waals surface area contributed by atoms with Crippen molar-refractivity contribution in [2.45, 2.75) is 39.3 Å². The molecule has 0 saturated carbocycles. The van der Waals surface area contributed by atoms with E-state index in [4.69, 9.17) is 4.74 Å². The maximum atomic E-state index is 13.0. The topological polar surface area (TPSA) is 70.7 Å². The number of aryl methyl sites for hydroxylation is 1. The monoisotopic (exact) mass is 425 g/mol. The number of nitrogens with zero attached hydrogens (tertiary/aromatic N) is 1. The fourth-order valence-corrected chi connectivity index (χ4v) is 3.53. The van der Waals surface area contributed by atoms with E-state index in [1.807, 2.05) is 77.3 Å². The molecule has 168 valence electrons. The molecule has 2 aromatic rings. The normalized spacial score (nSPS) is 13.0. The lowest BCUT2D eigenvalue weighted by Crippen LogP contribution is -2.49. The minimum absolute atomic E-state index is 0.0224. The van der Waals surface area contributed by atoms with Crippen molar-refractivity contribution in [3.63, 3.8) is 0 Å². The lowest BCUT2D eigenvalue weighted by molar-refractivity contribution is -0.123. The molecule has 0 saturated heterocycles. The summed E-state index contributed by atoms with van der Waals surface area (Å²) in [5.41, 5.74) is 2.52. The molecule has 2 atom stereocenters. The molecule has 0 aliphatic carbocycles. The number of nitrogens with one attached hydrogen (secondary N) is 2. The van der Waals surface area contributed by atoms with Gasteiger partial charge < -0.3 is 20.3 Å². The fourth-order valence-electron chi connectivity index (χ4n) is 3.53. The average molecular weight is 426 g/mol. The molecule has 2 amide bonds. The quantitative estimate of drug-likeness (QED) is 0.611. The SMILES string of the molecule is COc1cccc(C(CNC(=O)C(CC(C)C)NC(=O)c2ccccc2C)N(C)C)c1. The molecule has 6 heteroatoms. The van der Waals surface area contributed by atoms with Gasteiger partial charge in [-0.3, -0.25) is 9.59 Å². The maximum absolute atomic E-state index is 13.0. The minimum atomic E-state index is -0.597. The highest BCUT2D eigenvalue weighted by atomic mass is 16.5. The first-order valence-electron chi connectivity index (χ1n) is 10.7. The molecular weight excluding hydrogens is 390 g/mol. The number of amides is 2. The molecule has 2 aromatic carbocycles. The minimum Gasteiger partial charge on any atom is -0.497 e. The maximum Gasteiger partial charge on any atom is 0.252 e. The molecule has 0 fully saturated rings. The highest BCUT2D eigenvalue weighted by Crippen LogP contribution is 2.22. The van der Waals surface area contributed by atoms with Crippen molar-refractivity contribution in [2.75, 3.05) is 27.7 Å². The highest BCUT2D eigenvalue weighted by Gasteiger charge is 2.24. The second-order valence-corrected chi connectivity index (χ2v) is 8.47. The van der Waals surface area contributed by atoms with E-state index in [1.54, 1.807) is 13.2 Å². The highest BCUT2D eigenvalue weighted by molar-refractivity contribution is 5.98. The number of carbonyl (C=O) groups excluding carboxylic acids is 2. The summed E-state index contributed by atoms with van der Waals surface area (Å²) in [4.78, 5) is 27.9. The van der Waals surface area contributed by atoms with E-state index in [1.165, 1.54) is 0 Å². The van der Waals surface area contributed by atoms with Gasteiger partial charge in [0, 0.05) is 12.1 Å². The summed E-state index contributed by atoms with van der Waals surface area (Å²) in [5, 5.41) is 5.97. The van der Waals surface area contributed by atoms with Gasteiger partial charge in [0.05, 0.1) is 13.2 Å². The van der Waals surface area contributed by atoms with Crippen LogP contribution in [0.4, 0.5) is 0 Å². The van der Waals surface area contributed by atoms with Crippen LogP contribution in [0.1, 0.15) is 47.8 Å². The second-order valence-electron chi connectivity index (χ2n) is 8.47. The Balaban J connectivity index is 2.11. The van der Waals surface area contributed by atoms with Gasteiger partial charge in [-0.15, -0.1) is 0 Å². The van der Waals surface area contributed by atoms with E-state index in [0.717, 1.165) is 16.9 Å². The smallest absolute Gasteiger partial charge is 0.252 e. The number of carbonyl (C=O) groups is 2. The molecule has 0 aliphatic rings. The summed E-state index contributed by atoms with van der Waals surface area (Å²) < 4.78 is 5.33. The van der Waals surface area contributed by atoms with Crippen LogP contribution < -0.4 is 15.4 Å². The van der Waals surface area contributed by atoms with Gasteiger partial charge in [0.25, 0.3) is 5.91 Å². The van der Waals surface area contributed by atoms with Gasteiger partial charge in [-0.2, -0.15) is 0 Å². The predicted molar refractivity (Wildman–Crippen MR) is 124 cm³/mol. The van der Waals surface area contributed by atoms with Crippen LogP contribution in [0.3, 0.4) is 0 Å². The molecule has 0 aromatic heterocycles. The van der Waals surface area contributed by atoms with Crippen molar-refractivity contribution in [3.05, 3.63) is 65.2 Å². The Labute approximate surface area is 186 Å². The summed E-state index contributed by atoms with van der Waals surface area (Å²) in [6.07, 6.45) is 0.565. The van der Waals surface area contributed by atoms with Crippen molar-refractivity contribution in [3.8, 4) is 5.75 Å². The van der Waals surface area contributed by atoms with Crippen LogP contribution in [-0.4, -0.2) is 50.5 Å². The zero-order chi connectivity index (χ0) is 23.0. The number of hydrogen-bond acceptors (Lipinski definition) is 4. The number of likely N-dealkylation sites (N-methyl/N-ethyl adjacent to an activating group) is 1. The number of ether oxygens (including phenoxy) is 1. The summed E-state index contributed by atoms with van der Waals surface area (Å²) in [6, 6.07) is 14.6. The fraction of sp³-hybridized carbons (Fsp3) is 0.440. The molecule has 6 nitrogen and oxygen atoms in total. The third-order valence-corrected chi connectivity index (χ3v) is 5.29. The van der Waals surface area contributed by atoms with E-state index in [2.05, 4.69) is 15.5 Å². The van der Waals surface area contributed by atoms with Gasteiger partial charge in [0.15, 0.2) is 0 Å². The van der Waals surface area contributed by atoms with Gasteiger partial charge in [0.2, 0.25) is 5.91 Å². The zero-order valence-corrected chi connectivity index (χ0v) is 19.4. The summed E-state index contributed by atoms with van der Waals surface area (Å²) in [7, 11) is 5.59. The Morgan fingerprint density at radius 1 is 1.06 bits per heavy atom. The van der Waals surface area contributed by atoms with Crippen molar-refractivity contribution in [2.24, 2.45) is 5.92 Å². The van der Waals surface area contributed by atoms with Crippen molar-refractivity contribution in [1.29, 1.82) is 0 Å². The van der Waals surface area contributed by atoms with Crippen LogP contribution in [0.25, 0.3) is 0 Å². The zero-order valence-electron chi connectivity index (χ0n) is 19.4. The van der Waals surface area contributed by atoms with Crippen LogP contribution in [0.15, 0.2) is 48.5 Å². The Morgan fingerprint density at radius 2 is 1.77 bits per heavy atom. The first-order valence-corrected chi connectivity index (χ1v) is 10.7. The molecule has 0 aliphatic heterocycles. The third-order valence-electron chi connectivity index (χ3n) is 5.29. The van der Waals surface area contributed by atoms with E-state index < -0.39 is 6.04 Å². The van der Waals surface area contributed by atoms with Gasteiger partial charge >= 0.3 is 0 Å². The van der Waals surface area contributed by atoms with E-state index in [-0.39, 0.29) is 23.8 Å². The summed E-state index contributed by atoms with van der Waals surface area (Å²) in [6.45, 7) is 6.40. The Morgan fingerprint density at radius 3 is 2.39 bits per heavy atom. The molecule has 2 N–H and O–H groups in total. The number of benzene rings is 2. The first-order chi connectivity index (χ1) is 14.7. The largest absolute Gasteiger partial charge is 0.497 e. The molecular formula is C25H35N3O3. The Bertz CT molecular complexity index is 880. The van der Waals surface area contributed by atoms with Crippen LogP contribution in [-0.2, 0) is 4.79 Å². The molecule has 0 radical (unpaired) electrons. The summed E-state index contributed by atoms with van der Waals surface area (Å²) in [5.74, 6) is 0.635. The predicted octanol–water partition coefficient (Wildman–Crippen LogP) is 3.57. The lowest BCUT2D eigenvalue weighted by Gasteiger charge is -2.27. The Kier molecular flexibility index (Phi) is 9.06. The van der Waals surface area contributed by atoms with Gasteiger partial charge in [-0.1, -0.05) is 44.2 Å². The van der Waals surface area contributed by atoms with Crippen molar-refractivity contribution >= 4 is 11.8 Å². The average Bonchev–Trinajstić information content (AvgIpc) is 2.73. The Hall–Kier alpha value is -2.86. The summed E-state index contributed by atoms with van der Waals surface area (Å²) >= 11 is 0. The second kappa shape index (κ2) is 11.5. The number of hydrogen-bond donors (Lipinski definition) is 2. The molecule has 0 spiro atoms. The number of methoxy groups -OCH3 is 1. The molecule has 31 heavy (non-hydrogen) atoms. The first kappa shape index (κ1) is 24.4. The lowest BCUT2D eigenvalue weighted by atomic mass is 10.0. The van der Waals surface area contributed by atoms with E-state index >= 15 is 0 Å². The van der Waals surface area contributed by atoms with Crippen molar-refractivity contribution in [1.82, 2.24) is 15.5 Å². The number of rotatable bonds is 10. The van der Waals surface area contributed by atoms with Crippen LogP contribution in [0.5, 0.6) is 5.75 Å².